The van der Waals surface area contributed by atoms with Gasteiger partial charge in [-0.15, -0.1) is 0 Å². The molecule has 1 heterocycles. The molecule has 1 aliphatic heterocycles. The number of hydrogen-bond donors (Lipinski definition) is 1. The van der Waals surface area contributed by atoms with Gasteiger partial charge < -0.3 is 9.84 Å². The van der Waals surface area contributed by atoms with E-state index in [1.165, 1.54) is 6.07 Å². The summed E-state index contributed by atoms with van der Waals surface area (Å²) >= 11 is 0. The second kappa shape index (κ2) is 6.12. The number of nitrogens with zero attached hydrogens (tertiary/aromatic N) is 1. The third kappa shape index (κ3) is 3.75. The van der Waals surface area contributed by atoms with Crippen LogP contribution >= 0.6 is 0 Å². The molecule has 2 rings (SSSR count). The highest BCUT2D eigenvalue weighted by molar-refractivity contribution is 6.00. The van der Waals surface area contributed by atoms with E-state index in [9.17, 15) is 14.3 Å². The Labute approximate surface area is 111 Å². The maximum absolute atomic E-state index is 13.1. The first-order chi connectivity index (χ1) is 9.06. The molecular formula is C14H18FNO3. The molecule has 1 fully saturated rings. The van der Waals surface area contributed by atoms with Gasteiger partial charge in [0.05, 0.1) is 18.2 Å². The quantitative estimate of drug-likeness (QED) is 0.849. The molecule has 5 heteroatoms. The number of phenols is 1. The molecule has 19 heavy (non-hydrogen) atoms. The largest absolute Gasteiger partial charge is 0.507 e. The molecule has 1 saturated heterocycles. The fraction of sp³-hybridized carbons (Fsp3) is 0.500. The van der Waals surface area contributed by atoms with Gasteiger partial charge in [-0.25, -0.2) is 4.39 Å². The van der Waals surface area contributed by atoms with Crippen molar-refractivity contribution in [1.82, 2.24) is 4.90 Å². The molecule has 0 spiro atoms. The van der Waals surface area contributed by atoms with Crippen LogP contribution in [0.2, 0.25) is 0 Å². The van der Waals surface area contributed by atoms with Gasteiger partial charge in [-0.2, -0.15) is 0 Å². The molecule has 0 saturated carbocycles. The van der Waals surface area contributed by atoms with Gasteiger partial charge in [0, 0.05) is 19.7 Å². The summed E-state index contributed by atoms with van der Waals surface area (Å²) in [5, 5.41) is 9.61. The highest BCUT2D eigenvalue weighted by atomic mass is 19.1. The van der Waals surface area contributed by atoms with Crippen molar-refractivity contribution in [3.05, 3.63) is 29.6 Å². The lowest BCUT2D eigenvalue weighted by molar-refractivity contribution is 0.0656. The average molecular weight is 267 g/mol. The van der Waals surface area contributed by atoms with Crippen LogP contribution in [-0.4, -0.2) is 48.1 Å². The summed E-state index contributed by atoms with van der Waals surface area (Å²) < 4.78 is 18.6. The SMILES string of the molecule is CC1CN(CC(=O)c2cc(F)ccc2O)CCCO1. The third-order valence-corrected chi connectivity index (χ3v) is 3.16. The number of carbonyl (C=O) groups excluding carboxylic acids is 1. The van der Waals surface area contributed by atoms with Crippen molar-refractivity contribution < 1.29 is 19.0 Å². The number of benzene rings is 1. The lowest BCUT2D eigenvalue weighted by atomic mass is 10.1. The molecule has 1 N–H and O–H groups in total. The Morgan fingerprint density at radius 2 is 2.37 bits per heavy atom. The van der Waals surface area contributed by atoms with E-state index < -0.39 is 5.82 Å². The lowest BCUT2D eigenvalue weighted by Gasteiger charge is -2.20. The average Bonchev–Trinajstić information content (AvgIpc) is 2.56. The topological polar surface area (TPSA) is 49.8 Å². The molecule has 0 amide bonds. The molecule has 1 aliphatic rings. The minimum absolute atomic E-state index is 0.0396. The third-order valence-electron chi connectivity index (χ3n) is 3.16. The standard InChI is InChI=1S/C14H18FNO3/c1-10-8-16(5-2-6-19-10)9-14(18)12-7-11(15)3-4-13(12)17/h3-4,7,10,17H,2,5-6,8-9H2,1H3. The minimum Gasteiger partial charge on any atom is -0.507 e. The summed E-state index contributed by atoms with van der Waals surface area (Å²) in [6.45, 7) is 4.26. The molecule has 104 valence electrons. The van der Waals surface area contributed by atoms with E-state index in [1.54, 1.807) is 0 Å². The van der Waals surface area contributed by atoms with Gasteiger partial charge in [-0.1, -0.05) is 0 Å². The van der Waals surface area contributed by atoms with Crippen LogP contribution in [0.1, 0.15) is 23.7 Å². The van der Waals surface area contributed by atoms with Crippen molar-refractivity contribution in [3.8, 4) is 5.75 Å². The van der Waals surface area contributed by atoms with Gasteiger partial charge in [0.1, 0.15) is 11.6 Å². The van der Waals surface area contributed by atoms with E-state index in [1.807, 2.05) is 11.8 Å². The van der Waals surface area contributed by atoms with Crippen molar-refractivity contribution in [1.29, 1.82) is 0 Å². The first kappa shape index (κ1) is 14.0. The van der Waals surface area contributed by atoms with Crippen molar-refractivity contribution in [2.75, 3.05) is 26.2 Å². The van der Waals surface area contributed by atoms with Gasteiger partial charge >= 0.3 is 0 Å². The summed E-state index contributed by atoms with van der Waals surface area (Å²) in [5.41, 5.74) is 0.0396. The van der Waals surface area contributed by atoms with E-state index in [-0.39, 0.29) is 29.7 Å². The van der Waals surface area contributed by atoms with E-state index in [0.29, 0.717) is 13.2 Å². The molecule has 1 unspecified atom stereocenters. The Balaban J connectivity index is 2.05. The molecule has 0 aromatic heterocycles. The van der Waals surface area contributed by atoms with Gasteiger partial charge in [-0.3, -0.25) is 9.69 Å². The number of carbonyl (C=O) groups is 1. The molecule has 0 bridgehead atoms. The van der Waals surface area contributed by atoms with Crippen LogP contribution < -0.4 is 0 Å². The van der Waals surface area contributed by atoms with Crippen LogP contribution in [-0.2, 0) is 4.74 Å². The number of halogens is 1. The Kier molecular flexibility index (Phi) is 4.50. The zero-order valence-electron chi connectivity index (χ0n) is 10.9. The Morgan fingerprint density at radius 3 is 3.16 bits per heavy atom. The fourth-order valence-electron chi connectivity index (χ4n) is 2.24. The zero-order valence-corrected chi connectivity index (χ0v) is 10.9. The second-order valence-electron chi connectivity index (χ2n) is 4.85. The first-order valence-electron chi connectivity index (χ1n) is 6.42. The molecule has 4 nitrogen and oxygen atoms in total. The van der Waals surface area contributed by atoms with Gasteiger partial charge in [0.15, 0.2) is 5.78 Å². The summed E-state index contributed by atoms with van der Waals surface area (Å²) in [5.74, 6) is -0.967. The number of rotatable bonds is 3. The highest BCUT2D eigenvalue weighted by Gasteiger charge is 2.20. The van der Waals surface area contributed by atoms with Crippen molar-refractivity contribution in [2.45, 2.75) is 19.4 Å². The van der Waals surface area contributed by atoms with Crippen molar-refractivity contribution in [3.63, 3.8) is 0 Å². The zero-order chi connectivity index (χ0) is 13.8. The summed E-state index contributed by atoms with van der Waals surface area (Å²) in [4.78, 5) is 14.1. The summed E-state index contributed by atoms with van der Waals surface area (Å²) in [6, 6.07) is 3.42. The molecule has 1 aromatic carbocycles. The molecule has 0 aliphatic carbocycles. The smallest absolute Gasteiger partial charge is 0.180 e. The van der Waals surface area contributed by atoms with Crippen LogP contribution in [0.5, 0.6) is 5.75 Å². The molecule has 1 atom stereocenters. The summed E-state index contributed by atoms with van der Waals surface area (Å²) in [7, 11) is 0. The Bertz CT molecular complexity index is 464. The van der Waals surface area contributed by atoms with Gasteiger partial charge in [0.2, 0.25) is 0 Å². The number of hydrogen-bond acceptors (Lipinski definition) is 4. The Morgan fingerprint density at radius 1 is 1.58 bits per heavy atom. The van der Waals surface area contributed by atoms with Gasteiger partial charge in [-0.05, 0) is 31.5 Å². The molecule has 0 radical (unpaired) electrons. The number of Topliss-reactive ketones (excluding diaryl/α,β-unsaturated/α-hetero) is 1. The maximum atomic E-state index is 13.1. The fourth-order valence-corrected chi connectivity index (χ4v) is 2.24. The van der Waals surface area contributed by atoms with Crippen LogP contribution in [0.3, 0.4) is 0 Å². The Hall–Kier alpha value is -1.46. The van der Waals surface area contributed by atoms with Crippen LogP contribution in [0.4, 0.5) is 4.39 Å². The number of aromatic hydroxyl groups is 1. The minimum atomic E-state index is -0.520. The molecular weight excluding hydrogens is 249 g/mol. The number of phenolic OH excluding ortho intramolecular Hbond substituents is 1. The van der Waals surface area contributed by atoms with Crippen LogP contribution in [0, 0.1) is 5.82 Å². The first-order valence-corrected chi connectivity index (χ1v) is 6.42. The van der Waals surface area contributed by atoms with E-state index >= 15 is 0 Å². The van der Waals surface area contributed by atoms with Crippen molar-refractivity contribution >= 4 is 5.78 Å². The lowest BCUT2D eigenvalue weighted by Crippen LogP contribution is -2.34. The van der Waals surface area contributed by atoms with E-state index in [0.717, 1.165) is 25.1 Å². The highest BCUT2D eigenvalue weighted by Crippen LogP contribution is 2.19. The summed E-state index contributed by atoms with van der Waals surface area (Å²) in [6.07, 6.45) is 0.948. The van der Waals surface area contributed by atoms with Crippen LogP contribution in [0.15, 0.2) is 18.2 Å². The van der Waals surface area contributed by atoms with E-state index in [4.69, 9.17) is 4.74 Å². The normalized spacial score (nSPS) is 21.1. The molecule has 1 aromatic rings. The van der Waals surface area contributed by atoms with Crippen LogP contribution in [0.25, 0.3) is 0 Å². The van der Waals surface area contributed by atoms with Crippen molar-refractivity contribution in [2.24, 2.45) is 0 Å². The number of ether oxygens (including phenoxy) is 1. The maximum Gasteiger partial charge on any atom is 0.180 e. The van der Waals surface area contributed by atoms with E-state index in [2.05, 4.69) is 0 Å². The predicted molar refractivity (Wildman–Crippen MR) is 68.9 cm³/mol. The monoisotopic (exact) mass is 267 g/mol. The second-order valence-corrected chi connectivity index (χ2v) is 4.85. The predicted octanol–water partition coefficient (Wildman–Crippen LogP) is 1.82. The van der Waals surface area contributed by atoms with Gasteiger partial charge in [0.25, 0.3) is 0 Å². The number of ketones is 1.